The Kier molecular flexibility index (Phi) is 4.33. The lowest BCUT2D eigenvalue weighted by Gasteiger charge is -2.34. The van der Waals surface area contributed by atoms with E-state index in [1.165, 1.54) is 5.56 Å². The second-order valence-electron chi connectivity index (χ2n) is 5.67. The van der Waals surface area contributed by atoms with Crippen molar-refractivity contribution in [2.24, 2.45) is 0 Å². The van der Waals surface area contributed by atoms with Gasteiger partial charge in [0.05, 0.1) is 6.54 Å². The first-order valence-electron chi connectivity index (χ1n) is 7.22. The molecular weight excluding hydrogens is 292 g/mol. The highest BCUT2D eigenvalue weighted by Crippen LogP contribution is 2.31. The molecule has 0 amide bonds. The Morgan fingerprint density at radius 2 is 2.00 bits per heavy atom. The van der Waals surface area contributed by atoms with Crippen LogP contribution in [0.4, 0.5) is 0 Å². The predicted octanol–water partition coefficient (Wildman–Crippen LogP) is 1.35. The van der Waals surface area contributed by atoms with Crippen molar-refractivity contribution in [1.82, 2.24) is 9.80 Å². The molecule has 0 aromatic heterocycles. The van der Waals surface area contributed by atoms with E-state index in [9.17, 15) is 4.79 Å². The molecule has 0 radical (unpaired) electrons. The van der Waals surface area contributed by atoms with Crippen LogP contribution >= 0.6 is 11.6 Å². The molecule has 2 aliphatic heterocycles. The van der Waals surface area contributed by atoms with Crippen LogP contribution in [0.15, 0.2) is 18.2 Å². The summed E-state index contributed by atoms with van der Waals surface area (Å²) in [6, 6.07) is 5.76. The summed E-state index contributed by atoms with van der Waals surface area (Å²) in [5, 5.41) is 9.55. The minimum Gasteiger partial charge on any atom is -0.488 e. The van der Waals surface area contributed by atoms with E-state index in [4.69, 9.17) is 21.4 Å². The van der Waals surface area contributed by atoms with Gasteiger partial charge >= 0.3 is 5.97 Å². The second-order valence-corrected chi connectivity index (χ2v) is 6.10. The van der Waals surface area contributed by atoms with Crippen molar-refractivity contribution >= 4 is 17.6 Å². The van der Waals surface area contributed by atoms with Gasteiger partial charge in [0.15, 0.2) is 0 Å². The molecule has 1 saturated heterocycles. The van der Waals surface area contributed by atoms with Crippen molar-refractivity contribution < 1.29 is 14.6 Å². The third-order valence-corrected chi connectivity index (χ3v) is 4.28. The number of carboxylic acids is 1. The maximum Gasteiger partial charge on any atom is 0.317 e. The van der Waals surface area contributed by atoms with Crippen LogP contribution in [0, 0.1) is 0 Å². The smallest absolute Gasteiger partial charge is 0.317 e. The molecule has 3 rings (SSSR count). The summed E-state index contributed by atoms with van der Waals surface area (Å²) in [5.74, 6) is 0.184. The summed E-state index contributed by atoms with van der Waals surface area (Å²) in [4.78, 5) is 15.0. The number of carboxylic acid groups (broad SMARTS) is 1. The summed E-state index contributed by atoms with van der Waals surface area (Å²) in [5.41, 5.74) is 1.18. The fourth-order valence-corrected chi connectivity index (χ4v) is 3.19. The fraction of sp³-hybridized carbons (Fsp3) is 0.533. The minimum absolute atomic E-state index is 0.137. The van der Waals surface area contributed by atoms with Crippen LogP contribution in [-0.4, -0.2) is 66.2 Å². The first kappa shape index (κ1) is 14.6. The van der Waals surface area contributed by atoms with Gasteiger partial charge in [0.1, 0.15) is 11.9 Å². The zero-order valence-electron chi connectivity index (χ0n) is 11.8. The number of fused-ring (bicyclic) bond motifs is 1. The molecule has 1 atom stereocenters. The maximum absolute atomic E-state index is 10.7. The molecule has 1 fully saturated rings. The first-order valence-corrected chi connectivity index (χ1v) is 7.59. The Bertz CT molecular complexity index is 530. The molecule has 2 aliphatic rings. The Labute approximate surface area is 129 Å². The van der Waals surface area contributed by atoms with Gasteiger partial charge < -0.3 is 9.84 Å². The number of ether oxygens (including phenoxy) is 1. The van der Waals surface area contributed by atoms with Gasteiger partial charge in [0.25, 0.3) is 0 Å². The lowest BCUT2D eigenvalue weighted by atomic mass is 10.1. The molecule has 0 aliphatic carbocycles. The monoisotopic (exact) mass is 310 g/mol. The molecule has 1 unspecified atom stereocenters. The quantitative estimate of drug-likeness (QED) is 0.910. The van der Waals surface area contributed by atoms with E-state index in [0.717, 1.165) is 49.9 Å². The number of benzene rings is 1. The van der Waals surface area contributed by atoms with E-state index in [-0.39, 0.29) is 12.6 Å². The molecule has 6 heteroatoms. The average Bonchev–Trinajstić information content (AvgIpc) is 2.82. The van der Waals surface area contributed by atoms with Gasteiger partial charge in [0, 0.05) is 44.2 Å². The number of hydrogen-bond donors (Lipinski definition) is 1. The highest BCUT2D eigenvalue weighted by molar-refractivity contribution is 6.30. The van der Waals surface area contributed by atoms with E-state index < -0.39 is 5.97 Å². The molecule has 2 heterocycles. The van der Waals surface area contributed by atoms with Crippen LogP contribution in [0.1, 0.15) is 5.56 Å². The molecule has 0 spiro atoms. The molecule has 1 aromatic rings. The number of carbonyl (C=O) groups is 1. The molecule has 21 heavy (non-hydrogen) atoms. The van der Waals surface area contributed by atoms with Crippen LogP contribution in [0.5, 0.6) is 5.75 Å². The zero-order valence-corrected chi connectivity index (χ0v) is 12.6. The number of piperazine rings is 1. The van der Waals surface area contributed by atoms with Crippen molar-refractivity contribution in [3.63, 3.8) is 0 Å². The highest BCUT2D eigenvalue weighted by atomic mass is 35.5. The van der Waals surface area contributed by atoms with Crippen molar-refractivity contribution in [3.05, 3.63) is 28.8 Å². The standard InChI is InChI=1S/C15H19ClN2O3/c16-12-1-2-14-11(7-12)8-13(21-14)9-17-3-5-18(6-4-17)10-15(19)20/h1-2,7,13H,3-6,8-10H2,(H,19,20). The van der Waals surface area contributed by atoms with Crippen LogP contribution in [0.2, 0.25) is 5.02 Å². The number of nitrogens with zero attached hydrogens (tertiary/aromatic N) is 2. The van der Waals surface area contributed by atoms with Gasteiger partial charge in [0.2, 0.25) is 0 Å². The summed E-state index contributed by atoms with van der Waals surface area (Å²) in [7, 11) is 0. The maximum atomic E-state index is 10.7. The molecule has 0 bridgehead atoms. The van der Waals surface area contributed by atoms with Crippen molar-refractivity contribution in [1.29, 1.82) is 0 Å². The van der Waals surface area contributed by atoms with Crippen LogP contribution < -0.4 is 4.74 Å². The summed E-state index contributed by atoms with van der Waals surface area (Å²) < 4.78 is 5.95. The third kappa shape index (κ3) is 3.67. The topological polar surface area (TPSA) is 53.0 Å². The van der Waals surface area contributed by atoms with Gasteiger partial charge in [-0.05, 0) is 23.8 Å². The van der Waals surface area contributed by atoms with Crippen molar-refractivity contribution in [2.45, 2.75) is 12.5 Å². The summed E-state index contributed by atoms with van der Waals surface area (Å²) in [6.45, 7) is 4.41. The lowest BCUT2D eigenvalue weighted by Crippen LogP contribution is -2.50. The summed E-state index contributed by atoms with van der Waals surface area (Å²) in [6.07, 6.45) is 1.06. The van der Waals surface area contributed by atoms with Crippen LogP contribution in [0.3, 0.4) is 0 Å². The largest absolute Gasteiger partial charge is 0.488 e. The van der Waals surface area contributed by atoms with Gasteiger partial charge in [-0.15, -0.1) is 0 Å². The van der Waals surface area contributed by atoms with E-state index >= 15 is 0 Å². The van der Waals surface area contributed by atoms with E-state index in [1.807, 2.05) is 23.1 Å². The second kappa shape index (κ2) is 6.22. The van der Waals surface area contributed by atoms with Gasteiger partial charge in [-0.25, -0.2) is 0 Å². The van der Waals surface area contributed by atoms with Crippen LogP contribution in [0.25, 0.3) is 0 Å². The molecular formula is C15H19ClN2O3. The number of hydrogen-bond acceptors (Lipinski definition) is 4. The highest BCUT2D eigenvalue weighted by Gasteiger charge is 2.27. The number of rotatable bonds is 4. The lowest BCUT2D eigenvalue weighted by molar-refractivity contribution is -0.138. The Hall–Kier alpha value is -1.30. The molecule has 1 aromatic carbocycles. The Balaban J connectivity index is 1.48. The molecule has 5 nitrogen and oxygen atoms in total. The Morgan fingerprint density at radius 1 is 1.29 bits per heavy atom. The van der Waals surface area contributed by atoms with E-state index in [1.54, 1.807) is 0 Å². The van der Waals surface area contributed by atoms with E-state index in [0.29, 0.717) is 0 Å². The third-order valence-electron chi connectivity index (χ3n) is 4.05. The first-order chi connectivity index (χ1) is 10.1. The molecule has 0 saturated carbocycles. The zero-order chi connectivity index (χ0) is 14.8. The SMILES string of the molecule is O=C(O)CN1CCN(CC2Cc3cc(Cl)ccc3O2)CC1. The van der Waals surface area contributed by atoms with E-state index in [2.05, 4.69) is 4.90 Å². The fourth-order valence-electron chi connectivity index (χ4n) is 3.00. The van der Waals surface area contributed by atoms with Gasteiger partial charge in [-0.2, -0.15) is 0 Å². The predicted molar refractivity (Wildman–Crippen MR) is 80.1 cm³/mol. The van der Waals surface area contributed by atoms with Crippen molar-refractivity contribution in [3.8, 4) is 5.75 Å². The van der Waals surface area contributed by atoms with Gasteiger partial charge in [-0.3, -0.25) is 14.6 Å². The normalized spacial score (nSPS) is 22.8. The molecule has 1 N–H and O–H groups in total. The van der Waals surface area contributed by atoms with Crippen molar-refractivity contribution in [2.75, 3.05) is 39.3 Å². The summed E-state index contributed by atoms with van der Waals surface area (Å²) >= 11 is 6.00. The van der Waals surface area contributed by atoms with Gasteiger partial charge in [-0.1, -0.05) is 11.6 Å². The average molecular weight is 311 g/mol. The Morgan fingerprint density at radius 3 is 2.71 bits per heavy atom. The number of aliphatic carboxylic acids is 1. The minimum atomic E-state index is -0.755. The number of halogens is 1. The van der Waals surface area contributed by atoms with Crippen LogP contribution in [-0.2, 0) is 11.2 Å². The molecule has 114 valence electrons.